The van der Waals surface area contributed by atoms with E-state index in [1.54, 1.807) is 0 Å². The number of hydrogen-bond acceptors (Lipinski definition) is 2. The summed E-state index contributed by atoms with van der Waals surface area (Å²) in [6, 6.07) is 0. The smallest absolute Gasteiger partial charge is 0.0598 e. The Balaban J connectivity index is 2.13. The molecule has 0 aromatic rings. The highest BCUT2D eigenvalue weighted by atomic mass is 15.1. The average Bonchev–Trinajstić information content (AvgIpc) is 2.01. The first-order valence-corrected chi connectivity index (χ1v) is 4.33. The molecule has 0 aromatic heterocycles. The van der Waals surface area contributed by atoms with Gasteiger partial charge in [0.2, 0.25) is 0 Å². The van der Waals surface area contributed by atoms with Gasteiger partial charge in [-0.2, -0.15) is 10.2 Å². The van der Waals surface area contributed by atoms with Crippen LogP contribution in [0.3, 0.4) is 0 Å². The molecule has 0 saturated carbocycles. The summed E-state index contributed by atoms with van der Waals surface area (Å²) in [4.78, 5) is 0. The van der Waals surface area contributed by atoms with Crippen molar-refractivity contribution in [3.05, 3.63) is 0 Å². The number of azo groups is 1. The van der Waals surface area contributed by atoms with Gasteiger partial charge in [0.15, 0.2) is 0 Å². The summed E-state index contributed by atoms with van der Waals surface area (Å²) in [5.74, 6) is 0. The fraction of sp³-hybridized carbons (Fsp3) is 1.00. The fourth-order valence-electron chi connectivity index (χ4n) is 1.21. The Morgan fingerprint density at radius 3 is 1.40 bits per heavy atom. The molecule has 1 aliphatic rings. The van der Waals surface area contributed by atoms with E-state index in [1.807, 2.05) is 0 Å². The normalized spacial score (nSPS) is 22.4. The summed E-state index contributed by atoms with van der Waals surface area (Å²) in [7, 11) is 0. The van der Waals surface area contributed by atoms with Crippen LogP contribution in [0.25, 0.3) is 0 Å². The van der Waals surface area contributed by atoms with E-state index in [0.29, 0.717) is 0 Å². The first-order valence-electron chi connectivity index (χ1n) is 4.33. The van der Waals surface area contributed by atoms with Crippen molar-refractivity contribution in [2.75, 3.05) is 13.1 Å². The van der Waals surface area contributed by atoms with Gasteiger partial charge in [0, 0.05) is 0 Å². The summed E-state index contributed by atoms with van der Waals surface area (Å²) in [5, 5.41) is 8.12. The van der Waals surface area contributed by atoms with Crippen molar-refractivity contribution in [3.8, 4) is 0 Å². The molecule has 58 valence electrons. The lowest BCUT2D eigenvalue weighted by Gasteiger charge is -2.00. The highest BCUT2D eigenvalue weighted by Crippen LogP contribution is 2.07. The van der Waals surface area contributed by atoms with Crippen molar-refractivity contribution in [1.29, 1.82) is 0 Å². The Morgan fingerprint density at radius 1 is 0.500 bits per heavy atom. The third-order valence-electron chi connectivity index (χ3n) is 1.87. The van der Waals surface area contributed by atoms with Crippen molar-refractivity contribution in [2.24, 2.45) is 10.2 Å². The first-order chi connectivity index (χ1) is 5.00. The molecule has 0 bridgehead atoms. The van der Waals surface area contributed by atoms with Crippen LogP contribution in [-0.2, 0) is 0 Å². The van der Waals surface area contributed by atoms with Crippen LogP contribution in [0.4, 0.5) is 0 Å². The van der Waals surface area contributed by atoms with E-state index in [-0.39, 0.29) is 0 Å². The SMILES string of the molecule is C1CCCCN=NCCC1. The molecular formula is C8H16N2. The summed E-state index contributed by atoms with van der Waals surface area (Å²) in [5.41, 5.74) is 0. The zero-order chi connectivity index (χ0) is 7.07. The van der Waals surface area contributed by atoms with E-state index in [4.69, 9.17) is 0 Å². The van der Waals surface area contributed by atoms with E-state index in [1.165, 1.54) is 38.5 Å². The van der Waals surface area contributed by atoms with Gasteiger partial charge in [-0.25, -0.2) is 0 Å². The maximum Gasteiger partial charge on any atom is 0.0598 e. The Kier molecular flexibility index (Phi) is 4.15. The third kappa shape index (κ3) is 3.59. The summed E-state index contributed by atoms with van der Waals surface area (Å²) < 4.78 is 0. The molecule has 0 aliphatic carbocycles. The van der Waals surface area contributed by atoms with Crippen molar-refractivity contribution in [2.45, 2.75) is 38.5 Å². The summed E-state index contributed by atoms with van der Waals surface area (Å²) >= 11 is 0. The van der Waals surface area contributed by atoms with Gasteiger partial charge in [-0.15, -0.1) is 0 Å². The second kappa shape index (κ2) is 5.39. The van der Waals surface area contributed by atoms with Crippen LogP contribution < -0.4 is 0 Å². The van der Waals surface area contributed by atoms with Crippen LogP contribution in [0.15, 0.2) is 10.2 Å². The largest absolute Gasteiger partial charge is 0.194 e. The molecule has 2 heteroatoms. The van der Waals surface area contributed by atoms with Crippen molar-refractivity contribution in [3.63, 3.8) is 0 Å². The number of hydrogen-bond donors (Lipinski definition) is 0. The maximum atomic E-state index is 4.06. The zero-order valence-corrected chi connectivity index (χ0v) is 6.55. The Bertz CT molecular complexity index is 87.4. The lowest BCUT2D eigenvalue weighted by molar-refractivity contribution is 0.573. The van der Waals surface area contributed by atoms with E-state index in [0.717, 1.165) is 13.1 Å². The molecule has 0 saturated heterocycles. The van der Waals surface area contributed by atoms with Crippen LogP contribution >= 0.6 is 0 Å². The van der Waals surface area contributed by atoms with Crippen LogP contribution in [0.1, 0.15) is 38.5 Å². The van der Waals surface area contributed by atoms with Gasteiger partial charge in [0.25, 0.3) is 0 Å². The lowest BCUT2D eigenvalue weighted by Crippen LogP contribution is -1.88. The average molecular weight is 140 g/mol. The lowest BCUT2D eigenvalue weighted by atomic mass is 10.1. The second-order valence-electron chi connectivity index (χ2n) is 2.85. The Morgan fingerprint density at radius 2 is 0.900 bits per heavy atom. The molecule has 1 heterocycles. The van der Waals surface area contributed by atoms with Gasteiger partial charge in [-0.3, -0.25) is 0 Å². The van der Waals surface area contributed by atoms with Gasteiger partial charge >= 0.3 is 0 Å². The van der Waals surface area contributed by atoms with Crippen LogP contribution in [0.2, 0.25) is 0 Å². The molecule has 0 spiro atoms. The predicted octanol–water partition coefficient (Wildman–Crippen LogP) is 2.79. The maximum absolute atomic E-state index is 4.06. The Hall–Kier alpha value is -0.400. The molecule has 2 nitrogen and oxygen atoms in total. The molecule has 0 fully saturated rings. The third-order valence-corrected chi connectivity index (χ3v) is 1.87. The van der Waals surface area contributed by atoms with E-state index < -0.39 is 0 Å². The Labute approximate surface area is 62.7 Å². The molecule has 0 radical (unpaired) electrons. The molecule has 0 unspecified atom stereocenters. The van der Waals surface area contributed by atoms with Crippen LogP contribution in [0, 0.1) is 0 Å². The van der Waals surface area contributed by atoms with Gasteiger partial charge in [-0.1, -0.05) is 25.7 Å². The van der Waals surface area contributed by atoms with Crippen LogP contribution in [-0.4, -0.2) is 13.1 Å². The predicted molar refractivity (Wildman–Crippen MR) is 42.3 cm³/mol. The summed E-state index contributed by atoms with van der Waals surface area (Å²) in [6.45, 7) is 1.92. The fourth-order valence-corrected chi connectivity index (χ4v) is 1.21. The van der Waals surface area contributed by atoms with Gasteiger partial charge in [0.05, 0.1) is 13.1 Å². The minimum absolute atomic E-state index is 0.958. The molecule has 0 N–H and O–H groups in total. The van der Waals surface area contributed by atoms with E-state index >= 15 is 0 Å². The minimum atomic E-state index is 0.958. The van der Waals surface area contributed by atoms with Gasteiger partial charge in [0.1, 0.15) is 0 Å². The molecule has 10 heavy (non-hydrogen) atoms. The topological polar surface area (TPSA) is 24.7 Å². The monoisotopic (exact) mass is 140 g/mol. The number of nitrogens with zero attached hydrogens (tertiary/aromatic N) is 2. The highest BCUT2D eigenvalue weighted by Gasteiger charge is 1.92. The summed E-state index contributed by atoms with van der Waals surface area (Å²) in [6.07, 6.45) is 7.97. The van der Waals surface area contributed by atoms with Gasteiger partial charge in [-0.05, 0) is 12.8 Å². The van der Waals surface area contributed by atoms with Crippen molar-refractivity contribution < 1.29 is 0 Å². The second-order valence-corrected chi connectivity index (χ2v) is 2.85. The van der Waals surface area contributed by atoms with E-state index in [9.17, 15) is 0 Å². The zero-order valence-electron chi connectivity index (χ0n) is 6.55. The molecule has 0 atom stereocenters. The first kappa shape index (κ1) is 7.70. The standard InChI is InChI=1S/C8H16N2/c1-2-4-6-8-10-9-7-5-3-1/h1-8H2. The molecular weight excluding hydrogens is 124 g/mol. The number of rotatable bonds is 0. The molecule has 0 amide bonds. The molecule has 1 rings (SSSR count). The van der Waals surface area contributed by atoms with Crippen LogP contribution in [0.5, 0.6) is 0 Å². The molecule has 0 aromatic carbocycles. The highest BCUT2D eigenvalue weighted by molar-refractivity contribution is 4.51. The quantitative estimate of drug-likeness (QED) is 0.494. The molecule has 1 aliphatic heterocycles. The van der Waals surface area contributed by atoms with Crippen molar-refractivity contribution in [1.82, 2.24) is 0 Å². The van der Waals surface area contributed by atoms with Crippen molar-refractivity contribution >= 4 is 0 Å². The van der Waals surface area contributed by atoms with Gasteiger partial charge < -0.3 is 0 Å². The minimum Gasteiger partial charge on any atom is -0.194 e. The van der Waals surface area contributed by atoms with E-state index in [2.05, 4.69) is 10.2 Å².